The quantitative estimate of drug-likeness (QED) is 0.502. The maximum absolute atomic E-state index is 12.7. The molecule has 0 heterocycles. The second-order valence-electron chi connectivity index (χ2n) is 6.77. The highest BCUT2D eigenvalue weighted by molar-refractivity contribution is 6.05. The highest BCUT2D eigenvalue weighted by Gasteiger charge is 2.13. The van der Waals surface area contributed by atoms with Gasteiger partial charge in [-0.1, -0.05) is 43.0 Å². The average Bonchev–Trinajstić information content (AvgIpc) is 2.82. The number of rotatable bonds is 9. The van der Waals surface area contributed by atoms with Crippen molar-refractivity contribution in [2.45, 2.75) is 0 Å². The zero-order valence-electron chi connectivity index (χ0n) is 17.4. The Morgan fingerprint density at radius 2 is 1.65 bits per heavy atom. The molecule has 0 radical (unpaired) electrons. The van der Waals surface area contributed by atoms with Gasteiger partial charge in [0.2, 0.25) is 5.91 Å². The van der Waals surface area contributed by atoms with Crippen molar-refractivity contribution in [1.29, 1.82) is 0 Å². The van der Waals surface area contributed by atoms with E-state index in [1.165, 1.54) is 0 Å². The minimum absolute atomic E-state index is 0.0764. The van der Waals surface area contributed by atoms with E-state index in [2.05, 4.69) is 17.2 Å². The van der Waals surface area contributed by atoms with Crippen LogP contribution in [-0.4, -0.2) is 32.0 Å². The monoisotopic (exact) mass is 415 g/mol. The Labute approximate surface area is 182 Å². The van der Waals surface area contributed by atoms with Crippen LogP contribution < -0.4 is 20.3 Å². The molecular formula is C25H25N3O3. The van der Waals surface area contributed by atoms with Gasteiger partial charge in [-0.15, -0.1) is 0 Å². The van der Waals surface area contributed by atoms with Crippen molar-refractivity contribution < 1.29 is 14.3 Å². The molecule has 0 aliphatic rings. The van der Waals surface area contributed by atoms with Crippen LogP contribution in [0.3, 0.4) is 0 Å². The number of para-hydroxylation sites is 3. The Balaban J connectivity index is 1.55. The Kier molecular flexibility index (Phi) is 7.43. The maximum Gasteiger partial charge on any atom is 0.258 e. The molecule has 6 heteroatoms. The van der Waals surface area contributed by atoms with E-state index in [1.54, 1.807) is 54.4 Å². The first-order chi connectivity index (χ1) is 15.1. The van der Waals surface area contributed by atoms with Gasteiger partial charge in [0.15, 0.2) is 0 Å². The van der Waals surface area contributed by atoms with E-state index in [-0.39, 0.29) is 18.4 Å². The van der Waals surface area contributed by atoms with Gasteiger partial charge in [0.05, 0.1) is 12.2 Å². The molecule has 3 aromatic rings. The van der Waals surface area contributed by atoms with E-state index in [1.807, 2.05) is 42.5 Å². The standard InChI is InChI=1S/C25H25N3O3/c1-3-17-31-23-12-8-7-11-22(23)27-24(29)18-26-20-15-13-19(14-16-20)25(30)28(2)21-9-5-4-6-10-21/h3-16,26H,1,17-18H2,2H3,(H,27,29). The van der Waals surface area contributed by atoms with Crippen LogP contribution >= 0.6 is 0 Å². The SMILES string of the molecule is C=CCOc1ccccc1NC(=O)CNc1ccc(C(=O)N(C)c2ccccc2)cc1. The molecule has 0 spiro atoms. The first kappa shape index (κ1) is 21.6. The summed E-state index contributed by atoms with van der Waals surface area (Å²) in [6.07, 6.45) is 1.65. The van der Waals surface area contributed by atoms with Gasteiger partial charge in [-0.2, -0.15) is 0 Å². The number of amides is 2. The van der Waals surface area contributed by atoms with E-state index >= 15 is 0 Å². The molecule has 0 aliphatic heterocycles. The Bertz CT molecular complexity index is 1030. The first-order valence-corrected chi connectivity index (χ1v) is 9.88. The third-order valence-electron chi connectivity index (χ3n) is 4.55. The molecule has 158 valence electrons. The fourth-order valence-electron chi connectivity index (χ4n) is 2.91. The van der Waals surface area contributed by atoms with Crippen LogP contribution in [0.2, 0.25) is 0 Å². The van der Waals surface area contributed by atoms with Crippen LogP contribution in [0.5, 0.6) is 5.75 Å². The molecule has 3 rings (SSSR count). The van der Waals surface area contributed by atoms with Crippen LogP contribution in [0, 0.1) is 0 Å². The molecule has 3 aromatic carbocycles. The van der Waals surface area contributed by atoms with Crippen molar-refractivity contribution in [1.82, 2.24) is 0 Å². The van der Waals surface area contributed by atoms with Crippen LogP contribution in [0.25, 0.3) is 0 Å². The highest BCUT2D eigenvalue weighted by Crippen LogP contribution is 2.23. The van der Waals surface area contributed by atoms with Crippen molar-refractivity contribution in [2.75, 3.05) is 35.7 Å². The third kappa shape index (κ3) is 5.96. The van der Waals surface area contributed by atoms with E-state index in [9.17, 15) is 9.59 Å². The van der Waals surface area contributed by atoms with Crippen molar-refractivity contribution in [2.24, 2.45) is 0 Å². The van der Waals surface area contributed by atoms with Gasteiger partial charge >= 0.3 is 0 Å². The molecular weight excluding hydrogens is 390 g/mol. The third-order valence-corrected chi connectivity index (χ3v) is 4.55. The fraction of sp³-hybridized carbons (Fsp3) is 0.120. The number of hydrogen-bond donors (Lipinski definition) is 2. The highest BCUT2D eigenvalue weighted by atomic mass is 16.5. The van der Waals surface area contributed by atoms with Crippen molar-refractivity contribution >= 4 is 28.9 Å². The van der Waals surface area contributed by atoms with Gasteiger partial charge in [0, 0.05) is 24.0 Å². The van der Waals surface area contributed by atoms with Gasteiger partial charge in [-0.3, -0.25) is 9.59 Å². The first-order valence-electron chi connectivity index (χ1n) is 9.88. The Morgan fingerprint density at radius 1 is 0.968 bits per heavy atom. The Hall–Kier alpha value is -4.06. The molecule has 0 saturated heterocycles. The van der Waals surface area contributed by atoms with Crippen molar-refractivity contribution in [3.05, 3.63) is 97.1 Å². The van der Waals surface area contributed by atoms with E-state index < -0.39 is 0 Å². The molecule has 2 N–H and O–H groups in total. The summed E-state index contributed by atoms with van der Waals surface area (Å²) in [5, 5.41) is 5.89. The van der Waals surface area contributed by atoms with Crippen molar-refractivity contribution in [3.63, 3.8) is 0 Å². The van der Waals surface area contributed by atoms with Crippen LogP contribution in [0.4, 0.5) is 17.1 Å². The lowest BCUT2D eigenvalue weighted by Gasteiger charge is -2.17. The molecule has 0 fully saturated rings. The summed E-state index contributed by atoms with van der Waals surface area (Å²) >= 11 is 0. The lowest BCUT2D eigenvalue weighted by Crippen LogP contribution is -2.26. The minimum atomic E-state index is -0.210. The van der Waals surface area contributed by atoms with E-state index in [4.69, 9.17) is 4.74 Å². The minimum Gasteiger partial charge on any atom is -0.487 e. The second-order valence-corrected chi connectivity index (χ2v) is 6.77. The number of carbonyl (C=O) groups is 2. The number of carbonyl (C=O) groups excluding carboxylic acids is 2. The summed E-state index contributed by atoms with van der Waals surface area (Å²) < 4.78 is 5.55. The van der Waals surface area contributed by atoms with Gasteiger partial charge < -0.3 is 20.3 Å². The molecule has 0 saturated carbocycles. The van der Waals surface area contributed by atoms with E-state index in [0.29, 0.717) is 23.6 Å². The number of anilines is 3. The summed E-state index contributed by atoms with van der Waals surface area (Å²) in [5.74, 6) is 0.270. The molecule has 0 bridgehead atoms. The zero-order valence-corrected chi connectivity index (χ0v) is 17.4. The average molecular weight is 415 g/mol. The van der Waals surface area contributed by atoms with Gasteiger partial charge in [-0.05, 0) is 48.5 Å². The number of hydrogen-bond acceptors (Lipinski definition) is 4. The van der Waals surface area contributed by atoms with Gasteiger partial charge in [0.1, 0.15) is 12.4 Å². The van der Waals surface area contributed by atoms with Crippen LogP contribution in [-0.2, 0) is 4.79 Å². The van der Waals surface area contributed by atoms with Gasteiger partial charge in [0.25, 0.3) is 5.91 Å². The van der Waals surface area contributed by atoms with Gasteiger partial charge in [-0.25, -0.2) is 0 Å². The summed E-state index contributed by atoms with van der Waals surface area (Å²) in [4.78, 5) is 26.6. The Morgan fingerprint density at radius 3 is 2.35 bits per heavy atom. The summed E-state index contributed by atoms with van der Waals surface area (Å²) in [6, 6.07) is 23.7. The molecule has 0 aliphatic carbocycles. The lowest BCUT2D eigenvalue weighted by molar-refractivity contribution is -0.114. The predicted molar refractivity (Wildman–Crippen MR) is 125 cm³/mol. The largest absolute Gasteiger partial charge is 0.487 e. The molecule has 0 unspecified atom stereocenters. The molecule has 2 amide bonds. The number of nitrogens with zero attached hydrogens (tertiary/aromatic N) is 1. The lowest BCUT2D eigenvalue weighted by atomic mass is 10.1. The number of benzene rings is 3. The summed E-state index contributed by atoms with van der Waals surface area (Å²) in [5.41, 5.74) is 2.73. The fourth-order valence-corrected chi connectivity index (χ4v) is 2.91. The normalized spacial score (nSPS) is 10.1. The summed E-state index contributed by atoms with van der Waals surface area (Å²) in [7, 11) is 1.74. The maximum atomic E-state index is 12.7. The van der Waals surface area contributed by atoms with Crippen molar-refractivity contribution in [3.8, 4) is 5.75 Å². The number of nitrogens with one attached hydrogen (secondary N) is 2. The second kappa shape index (κ2) is 10.6. The topological polar surface area (TPSA) is 70.7 Å². The molecule has 31 heavy (non-hydrogen) atoms. The van der Waals surface area contributed by atoms with Crippen LogP contribution in [0.1, 0.15) is 10.4 Å². The zero-order chi connectivity index (χ0) is 22.1. The molecule has 0 atom stereocenters. The molecule has 6 nitrogen and oxygen atoms in total. The van der Waals surface area contributed by atoms with Crippen LogP contribution in [0.15, 0.2) is 91.5 Å². The van der Waals surface area contributed by atoms with E-state index in [0.717, 1.165) is 11.4 Å². The smallest absolute Gasteiger partial charge is 0.258 e. The molecule has 0 aromatic heterocycles. The number of ether oxygens (including phenoxy) is 1. The summed E-state index contributed by atoms with van der Waals surface area (Å²) in [6.45, 7) is 4.06. The predicted octanol–water partition coefficient (Wildman–Crippen LogP) is 4.58.